The normalized spacial score (nSPS) is 15.8. The Morgan fingerprint density at radius 1 is 1.00 bits per heavy atom. The lowest BCUT2D eigenvalue weighted by Gasteiger charge is -2.36. The Bertz CT molecular complexity index is 1090. The largest absolute Gasteiger partial charge is 0.330 e. The zero-order chi connectivity index (χ0) is 25.2. The molecule has 5 N–H and O–H groups in total. The molecule has 7 nitrogen and oxygen atoms in total. The minimum atomic E-state index is -0.527. The number of hydrogen-bond acceptors (Lipinski definition) is 6. The van der Waals surface area contributed by atoms with E-state index in [1.807, 2.05) is 41.6 Å². The molecule has 0 radical (unpaired) electrons. The smallest absolute Gasteiger partial charge is 0.240 e. The summed E-state index contributed by atoms with van der Waals surface area (Å²) in [7, 11) is 0. The first-order valence-corrected chi connectivity index (χ1v) is 13.0. The number of hydrogen-bond donors (Lipinski definition) is 3. The van der Waals surface area contributed by atoms with Crippen LogP contribution in [0.15, 0.2) is 67.0 Å². The van der Waals surface area contributed by atoms with Crippen LogP contribution in [0.1, 0.15) is 66.2 Å². The molecule has 4 rings (SSSR count). The second-order valence-corrected chi connectivity index (χ2v) is 9.55. The molecule has 2 atom stereocenters. The number of carbonyl (C=O) groups excluding carboxylic acids is 1. The Morgan fingerprint density at radius 2 is 1.81 bits per heavy atom. The van der Waals surface area contributed by atoms with Crippen molar-refractivity contribution in [1.82, 2.24) is 20.2 Å². The first-order valence-electron chi connectivity index (χ1n) is 13.0. The summed E-state index contributed by atoms with van der Waals surface area (Å²) in [6, 6.07) is 17.9. The van der Waals surface area contributed by atoms with Crippen molar-refractivity contribution in [2.75, 3.05) is 6.54 Å². The second-order valence-electron chi connectivity index (χ2n) is 9.55. The number of nitrogens with two attached hydrogens (primary N) is 2. The molecule has 2 aromatic heterocycles. The van der Waals surface area contributed by atoms with Gasteiger partial charge in [-0.25, -0.2) is 0 Å². The van der Waals surface area contributed by atoms with Crippen LogP contribution >= 0.6 is 0 Å². The summed E-state index contributed by atoms with van der Waals surface area (Å²) in [5, 5.41) is 3.44. The molecule has 0 fully saturated rings. The standard InChI is InChI=1S/C29H38N6O/c30-16-3-1-10-26(31)29(36)35(27-11-5-7-24-8-6-18-34-28(24)27)21-23-14-12-22(13-15-23)19-32-20-25-9-2-4-17-33-25/h2,4,6,8-9,12-15,17-18,26-27,32H,1,3,5,7,10-11,16,19-21,30-31H2/t26-,27?/m0/s1. The van der Waals surface area contributed by atoms with Gasteiger partial charge in [0, 0.05) is 32.0 Å². The van der Waals surface area contributed by atoms with E-state index in [9.17, 15) is 4.79 Å². The molecule has 190 valence electrons. The summed E-state index contributed by atoms with van der Waals surface area (Å²) in [6.45, 7) is 2.62. The van der Waals surface area contributed by atoms with Crippen molar-refractivity contribution in [2.45, 2.75) is 70.2 Å². The van der Waals surface area contributed by atoms with Gasteiger partial charge in [-0.05, 0) is 73.5 Å². The van der Waals surface area contributed by atoms with E-state index < -0.39 is 6.04 Å². The van der Waals surface area contributed by atoms with Crippen LogP contribution in [-0.2, 0) is 30.8 Å². The fraction of sp³-hybridized carbons (Fsp3) is 0.414. The number of benzene rings is 1. The van der Waals surface area contributed by atoms with Gasteiger partial charge < -0.3 is 21.7 Å². The van der Waals surface area contributed by atoms with E-state index in [0.717, 1.165) is 62.1 Å². The molecular weight excluding hydrogens is 448 g/mol. The van der Waals surface area contributed by atoms with Crippen molar-refractivity contribution in [1.29, 1.82) is 0 Å². The Kier molecular flexibility index (Phi) is 9.55. The Hall–Kier alpha value is -3.13. The number of aromatic nitrogens is 2. The number of pyridine rings is 2. The van der Waals surface area contributed by atoms with Crippen molar-refractivity contribution in [2.24, 2.45) is 11.5 Å². The van der Waals surface area contributed by atoms with Crippen LogP contribution in [0.5, 0.6) is 0 Å². The third-order valence-corrected chi connectivity index (χ3v) is 6.85. The molecule has 36 heavy (non-hydrogen) atoms. The highest BCUT2D eigenvalue weighted by Crippen LogP contribution is 2.34. The predicted molar refractivity (Wildman–Crippen MR) is 143 cm³/mol. The Labute approximate surface area is 214 Å². The molecule has 3 aromatic rings. The van der Waals surface area contributed by atoms with E-state index in [1.54, 1.807) is 0 Å². The van der Waals surface area contributed by atoms with Gasteiger partial charge in [0.1, 0.15) is 0 Å². The van der Waals surface area contributed by atoms with Crippen molar-refractivity contribution < 1.29 is 4.79 Å². The van der Waals surface area contributed by atoms with Gasteiger partial charge in [0.05, 0.1) is 23.5 Å². The summed E-state index contributed by atoms with van der Waals surface area (Å²) >= 11 is 0. The minimum absolute atomic E-state index is 0.00312. The summed E-state index contributed by atoms with van der Waals surface area (Å²) in [4.78, 5) is 24.6. The van der Waals surface area contributed by atoms with Crippen LogP contribution < -0.4 is 16.8 Å². The summed E-state index contributed by atoms with van der Waals surface area (Å²) < 4.78 is 0. The van der Waals surface area contributed by atoms with Crippen molar-refractivity contribution in [3.05, 3.63) is 95.1 Å². The molecule has 0 aliphatic heterocycles. The average molecular weight is 487 g/mol. The highest BCUT2D eigenvalue weighted by molar-refractivity contribution is 5.82. The molecule has 0 saturated heterocycles. The molecule has 1 amide bonds. The zero-order valence-corrected chi connectivity index (χ0v) is 21.0. The Morgan fingerprint density at radius 3 is 2.58 bits per heavy atom. The third-order valence-electron chi connectivity index (χ3n) is 6.85. The SMILES string of the molecule is NCCCC[C@H](N)C(=O)N(Cc1ccc(CNCc2ccccn2)cc1)C1CCCc2cccnc21. The van der Waals surface area contributed by atoms with Crippen LogP contribution in [0.4, 0.5) is 0 Å². The van der Waals surface area contributed by atoms with Gasteiger partial charge >= 0.3 is 0 Å². The molecule has 0 saturated carbocycles. The van der Waals surface area contributed by atoms with Crippen molar-refractivity contribution >= 4 is 5.91 Å². The van der Waals surface area contributed by atoms with Gasteiger partial charge in [-0.1, -0.05) is 42.8 Å². The van der Waals surface area contributed by atoms with Gasteiger partial charge in [-0.3, -0.25) is 14.8 Å². The maximum Gasteiger partial charge on any atom is 0.240 e. The zero-order valence-electron chi connectivity index (χ0n) is 21.0. The summed E-state index contributed by atoms with van der Waals surface area (Å²) in [6.07, 6.45) is 8.97. The van der Waals surface area contributed by atoms with Crippen molar-refractivity contribution in [3.63, 3.8) is 0 Å². The first kappa shape index (κ1) is 25.9. The third kappa shape index (κ3) is 6.97. The van der Waals surface area contributed by atoms with Crippen LogP contribution in [0.25, 0.3) is 0 Å². The number of unbranched alkanes of at least 4 members (excludes halogenated alkanes) is 1. The number of nitrogens with one attached hydrogen (secondary N) is 1. The highest BCUT2D eigenvalue weighted by atomic mass is 16.2. The van der Waals surface area contributed by atoms with Crippen LogP contribution in [0, 0.1) is 0 Å². The molecule has 1 aliphatic rings. The Balaban J connectivity index is 1.45. The number of nitrogens with zero attached hydrogens (tertiary/aromatic N) is 3. The number of amides is 1. The maximum absolute atomic E-state index is 13.6. The van der Waals surface area contributed by atoms with E-state index in [2.05, 4.69) is 45.6 Å². The lowest BCUT2D eigenvalue weighted by Crippen LogP contribution is -2.46. The van der Waals surface area contributed by atoms with E-state index in [4.69, 9.17) is 11.5 Å². The average Bonchev–Trinajstić information content (AvgIpc) is 2.92. The van der Waals surface area contributed by atoms with Crippen LogP contribution in [0.2, 0.25) is 0 Å². The molecule has 0 bridgehead atoms. The lowest BCUT2D eigenvalue weighted by atomic mass is 9.90. The summed E-state index contributed by atoms with van der Waals surface area (Å²) in [5.41, 5.74) is 17.6. The van der Waals surface area contributed by atoms with E-state index >= 15 is 0 Å². The van der Waals surface area contributed by atoms with Gasteiger partial charge in [0.2, 0.25) is 5.91 Å². The minimum Gasteiger partial charge on any atom is -0.330 e. The summed E-state index contributed by atoms with van der Waals surface area (Å²) in [5.74, 6) is -0.00312. The van der Waals surface area contributed by atoms with Gasteiger partial charge in [-0.2, -0.15) is 0 Å². The molecule has 1 aliphatic carbocycles. The second kappa shape index (κ2) is 13.3. The highest BCUT2D eigenvalue weighted by Gasteiger charge is 2.32. The quantitative estimate of drug-likeness (QED) is 0.337. The van der Waals surface area contributed by atoms with E-state index in [0.29, 0.717) is 19.5 Å². The van der Waals surface area contributed by atoms with Crippen LogP contribution in [-0.4, -0.2) is 33.4 Å². The number of carbonyl (C=O) groups is 1. The topological polar surface area (TPSA) is 110 Å². The van der Waals surface area contributed by atoms with E-state index in [-0.39, 0.29) is 11.9 Å². The monoisotopic (exact) mass is 486 g/mol. The maximum atomic E-state index is 13.6. The van der Waals surface area contributed by atoms with Crippen LogP contribution in [0.3, 0.4) is 0 Å². The molecule has 1 unspecified atom stereocenters. The van der Waals surface area contributed by atoms with Crippen molar-refractivity contribution in [3.8, 4) is 0 Å². The molecule has 0 spiro atoms. The predicted octanol–water partition coefficient (Wildman–Crippen LogP) is 3.63. The van der Waals surface area contributed by atoms with Gasteiger partial charge in [0.15, 0.2) is 0 Å². The molecule has 1 aromatic carbocycles. The van der Waals surface area contributed by atoms with Gasteiger partial charge in [0.25, 0.3) is 0 Å². The molecule has 2 heterocycles. The molecular formula is C29H38N6O. The number of aryl methyl sites for hydroxylation is 1. The van der Waals surface area contributed by atoms with E-state index in [1.165, 1.54) is 11.1 Å². The molecule has 7 heteroatoms. The number of fused-ring (bicyclic) bond motifs is 1. The van der Waals surface area contributed by atoms with Gasteiger partial charge in [-0.15, -0.1) is 0 Å². The fourth-order valence-electron chi connectivity index (χ4n) is 4.87. The fourth-order valence-corrected chi connectivity index (χ4v) is 4.87. The first-order chi connectivity index (χ1) is 17.7. The lowest BCUT2D eigenvalue weighted by molar-refractivity contribution is -0.136. The number of rotatable bonds is 12.